The van der Waals surface area contributed by atoms with Crippen LogP contribution < -0.4 is 5.32 Å². The minimum Gasteiger partial charge on any atom is -0.469 e. The second-order valence-electron chi connectivity index (χ2n) is 6.82. The third-order valence-electron chi connectivity index (χ3n) is 4.72. The number of nitrogens with one attached hydrogen (secondary N) is 1. The van der Waals surface area contributed by atoms with Gasteiger partial charge in [-0.1, -0.05) is 78.9 Å². The molecule has 0 saturated heterocycles. The molecule has 0 radical (unpaired) electrons. The van der Waals surface area contributed by atoms with Crippen LogP contribution in [0.15, 0.2) is 96.0 Å². The number of rotatable bonds is 7. The number of methoxy groups -OCH3 is 1. The van der Waals surface area contributed by atoms with E-state index in [1.165, 1.54) is 7.11 Å². The number of carbonyl (C=O) groups is 2. The topological polar surface area (TPSA) is 67.8 Å². The summed E-state index contributed by atoms with van der Waals surface area (Å²) in [5, 5.41) is 2.86. The molecule has 30 heavy (non-hydrogen) atoms. The van der Waals surface area contributed by atoms with Crippen LogP contribution in [0.3, 0.4) is 0 Å². The molecule has 0 bridgehead atoms. The van der Waals surface area contributed by atoms with Gasteiger partial charge < -0.3 is 10.1 Å². The van der Waals surface area contributed by atoms with Gasteiger partial charge in [0, 0.05) is 16.8 Å². The van der Waals surface area contributed by atoms with E-state index in [1.807, 2.05) is 78.9 Å². The molecule has 5 heteroatoms. The maximum absolute atomic E-state index is 13.1. The highest BCUT2D eigenvalue weighted by atomic mass is 16.5. The highest BCUT2D eigenvalue weighted by Gasteiger charge is 2.31. The van der Waals surface area contributed by atoms with Crippen LogP contribution in [-0.4, -0.2) is 30.7 Å². The van der Waals surface area contributed by atoms with Gasteiger partial charge in [-0.25, -0.2) is 0 Å². The van der Waals surface area contributed by atoms with Crippen LogP contribution >= 0.6 is 0 Å². The fraction of sp³-hybridized carbons (Fsp3) is 0.160. The first-order valence-electron chi connectivity index (χ1n) is 9.72. The van der Waals surface area contributed by atoms with Gasteiger partial charge in [-0.15, -0.1) is 0 Å². The molecular formula is C25H24N2O3. The summed E-state index contributed by atoms with van der Waals surface area (Å²) in [5.74, 6) is -1.63. The molecule has 2 unspecified atom stereocenters. The van der Waals surface area contributed by atoms with Crippen molar-refractivity contribution in [1.29, 1.82) is 0 Å². The Balaban J connectivity index is 2.06. The third-order valence-corrected chi connectivity index (χ3v) is 4.72. The normalized spacial score (nSPS) is 12.3. The summed E-state index contributed by atoms with van der Waals surface area (Å²) < 4.78 is 4.90. The van der Waals surface area contributed by atoms with Crippen LogP contribution in [0, 0.1) is 5.92 Å². The average molecular weight is 400 g/mol. The largest absolute Gasteiger partial charge is 0.469 e. The monoisotopic (exact) mass is 400 g/mol. The van der Waals surface area contributed by atoms with E-state index in [0.717, 1.165) is 11.1 Å². The molecular weight excluding hydrogens is 376 g/mol. The van der Waals surface area contributed by atoms with Crippen LogP contribution in [-0.2, 0) is 14.3 Å². The highest BCUT2D eigenvalue weighted by molar-refractivity contribution is 6.14. The maximum Gasteiger partial charge on any atom is 0.311 e. The van der Waals surface area contributed by atoms with Gasteiger partial charge in [0.05, 0.1) is 18.7 Å². The standard InChI is InChI=1S/C25H24N2O3/c1-18(25(29)30-2)22(24(28)26-21-16-10-5-11-17-21)27-23(19-12-6-3-7-13-19)20-14-8-4-9-15-20/h3-18,22H,1-2H3,(H,26,28). The first-order chi connectivity index (χ1) is 14.6. The molecule has 0 aliphatic rings. The van der Waals surface area contributed by atoms with Crippen molar-refractivity contribution in [1.82, 2.24) is 0 Å². The van der Waals surface area contributed by atoms with Gasteiger partial charge in [0.2, 0.25) is 5.91 Å². The molecule has 0 aromatic heterocycles. The summed E-state index contributed by atoms with van der Waals surface area (Å²) in [4.78, 5) is 30.2. The number of aliphatic imine (C=N–C) groups is 1. The lowest BCUT2D eigenvalue weighted by atomic mass is 9.98. The van der Waals surface area contributed by atoms with Crippen molar-refractivity contribution in [3.8, 4) is 0 Å². The van der Waals surface area contributed by atoms with Crippen molar-refractivity contribution in [3.63, 3.8) is 0 Å². The number of benzene rings is 3. The van der Waals surface area contributed by atoms with Gasteiger partial charge in [0.1, 0.15) is 6.04 Å². The Bertz CT molecular complexity index is 961. The van der Waals surface area contributed by atoms with Crippen LogP contribution in [0.1, 0.15) is 18.1 Å². The van der Waals surface area contributed by atoms with E-state index in [-0.39, 0.29) is 5.91 Å². The molecule has 3 aromatic carbocycles. The zero-order valence-electron chi connectivity index (χ0n) is 17.0. The number of nitrogens with zero attached hydrogens (tertiary/aromatic N) is 1. The molecule has 2 atom stereocenters. The average Bonchev–Trinajstić information content (AvgIpc) is 2.80. The molecule has 5 nitrogen and oxygen atoms in total. The molecule has 0 fully saturated rings. The zero-order valence-corrected chi connectivity index (χ0v) is 17.0. The second-order valence-corrected chi connectivity index (χ2v) is 6.82. The number of carbonyl (C=O) groups excluding carboxylic acids is 2. The smallest absolute Gasteiger partial charge is 0.311 e. The lowest BCUT2D eigenvalue weighted by Gasteiger charge is -2.20. The molecule has 3 rings (SSSR count). The van der Waals surface area contributed by atoms with E-state index in [2.05, 4.69) is 5.32 Å². The van der Waals surface area contributed by atoms with Crippen molar-refractivity contribution in [3.05, 3.63) is 102 Å². The predicted octanol–water partition coefficient (Wildman–Crippen LogP) is 4.34. The Morgan fingerprint density at radius 1 is 0.800 bits per heavy atom. The van der Waals surface area contributed by atoms with Gasteiger partial charge >= 0.3 is 5.97 Å². The quantitative estimate of drug-likeness (QED) is 0.474. The van der Waals surface area contributed by atoms with Crippen molar-refractivity contribution in [2.45, 2.75) is 13.0 Å². The Hall–Kier alpha value is -3.73. The van der Waals surface area contributed by atoms with Crippen molar-refractivity contribution in [2.75, 3.05) is 12.4 Å². The van der Waals surface area contributed by atoms with E-state index in [9.17, 15) is 9.59 Å². The SMILES string of the molecule is COC(=O)C(C)C(N=C(c1ccccc1)c1ccccc1)C(=O)Nc1ccccc1. The van der Waals surface area contributed by atoms with E-state index in [1.54, 1.807) is 19.1 Å². The van der Waals surface area contributed by atoms with Gasteiger partial charge in [-0.05, 0) is 19.1 Å². The Labute approximate surface area is 176 Å². The van der Waals surface area contributed by atoms with Gasteiger partial charge in [-0.2, -0.15) is 0 Å². The van der Waals surface area contributed by atoms with E-state index < -0.39 is 17.9 Å². The van der Waals surface area contributed by atoms with Crippen LogP contribution in [0.4, 0.5) is 5.69 Å². The summed E-state index contributed by atoms with van der Waals surface area (Å²) >= 11 is 0. The molecule has 1 amide bonds. The van der Waals surface area contributed by atoms with Crippen molar-refractivity contribution >= 4 is 23.3 Å². The summed E-state index contributed by atoms with van der Waals surface area (Å²) in [5.41, 5.74) is 3.00. The summed E-state index contributed by atoms with van der Waals surface area (Å²) in [6, 6.07) is 27.4. The first kappa shape index (κ1) is 21.0. The van der Waals surface area contributed by atoms with Gasteiger partial charge in [0.25, 0.3) is 0 Å². The molecule has 0 aliphatic carbocycles. The summed E-state index contributed by atoms with van der Waals surface area (Å²) in [6.45, 7) is 1.65. The lowest BCUT2D eigenvalue weighted by molar-refractivity contribution is -0.146. The van der Waals surface area contributed by atoms with Crippen molar-refractivity contribution in [2.24, 2.45) is 10.9 Å². The number of para-hydroxylation sites is 1. The van der Waals surface area contributed by atoms with E-state index >= 15 is 0 Å². The van der Waals surface area contributed by atoms with Crippen molar-refractivity contribution < 1.29 is 14.3 Å². The minimum atomic E-state index is -0.965. The number of hydrogen-bond donors (Lipinski definition) is 1. The zero-order chi connectivity index (χ0) is 21.3. The number of esters is 1. The molecule has 0 aliphatic heterocycles. The maximum atomic E-state index is 13.1. The van der Waals surface area contributed by atoms with E-state index in [0.29, 0.717) is 11.4 Å². The van der Waals surface area contributed by atoms with Gasteiger partial charge in [-0.3, -0.25) is 14.6 Å². The first-order valence-corrected chi connectivity index (χ1v) is 9.72. The molecule has 0 heterocycles. The van der Waals surface area contributed by atoms with Crippen LogP contribution in [0.25, 0.3) is 0 Å². The Kier molecular flexibility index (Phi) is 7.11. The minimum absolute atomic E-state index is 0.372. The molecule has 3 aromatic rings. The van der Waals surface area contributed by atoms with Gasteiger partial charge in [0.15, 0.2) is 0 Å². The Morgan fingerprint density at radius 3 is 1.73 bits per heavy atom. The Morgan fingerprint density at radius 2 is 1.27 bits per heavy atom. The second kappa shape index (κ2) is 10.2. The lowest BCUT2D eigenvalue weighted by Crippen LogP contribution is -2.37. The highest BCUT2D eigenvalue weighted by Crippen LogP contribution is 2.18. The predicted molar refractivity (Wildman–Crippen MR) is 119 cm³/mol. The fourth-order valence-corrected chi connectivity index (χ4v) is 3.10. The molecule has 152 valence electrons. The number of hydrogen-bond acceptors (Lipinski definition) is 4. The summed E-state index contributed by atoms with van der Waals surface area (Å²) in [6.07, 6.45) is 0. The summed E-state index contributed by atoms with van der Waals surface area (Å²) in [7, 11) is 1.31. The molecule has 1 N–H and O–H groups in total. The van der Waals surface area contributed by atoms with Crippen LogP contribution in [0.2, 0.25) is 0 Å². The third kappa shape index (κ3) is 5.20. The number of ether oxygens (including phenoxy) is 1. The molecule has 0 spiro atoms. The molecule has 0 saturated carbocycles. The number of anilines is 1. The number of amides is 1. The van der Waals surface area contributed by atoms with E-state index in [4.69, 9.17) is 9.73 Å². The van der Waals surface area contributed by atoms with Crippen LogP contribution in [0.5, 0.6) is 0 Å². The fourth-order valence-electron chi connectivity index (χ4n) is 3.10.